The van der Waals surface area contributed by atoms with Crippen molar-refractivity contribution in [2.24, 2.45) is 0 Å². The summed E-state index contributed by atoms with van der Waals surface area (Å²) in [6.07, 6.45) is 5.47. The molecule has 6 heteroatoms. The van der Waals surface area contributed by atoms with E-state index >= 15 is 0 Å². The Bertz CT molecular complexity index is 1020. The van der Waals surface area contributed by atoms with Gasteiger partial charge < -0.3 is 15.2 Å². The second kappa shape index (κ2) is 7.79. The van der Waals surface area contributed by atoms with Crippen LogP contribution in [0.1, 0.15) is 38.4 Å². The molecule has 1 aromatic carbocycles. The predicted molar refractivity (Wildman–Crippen MR) is 114 cm³/mol. The standard InChI is InChI=1S/C23H26N4O2/c1-15(2)29-21-7-5-4-6-20(21)27-22-24-11-9-18(26-22)16-12-17-19(25-13-16)8-10-23(17,3)14-28/h4-7,9,11-13,15,28H,8,10,14H2,1-3H3,(H,24,26,27). The fourth-order valence-corrected chi connectivity index (χ4v) is 3.67. The summed E-state index contributed by atoms with van der Waals surface area (Å²) in [6.45, 7) is 6.20. The minimum absolute atomic E-state index is 0.0727. The first-order valence-corrected chi connectivity index (χ1v) is 9.95. The molecule has 0 radical (unpaired) electrons. The molecule has 4 rings (SSSR count). The third kappa shape index (κ3) is 3.93. The van der Waals surface area contributed by atoms with Crippen LogP contribution in [-0.2, 0) is 11.8 Å². The van der Waals surface area contributed by atoms with Gasteiger partial charge in [-0.2, -0.15) is 0 Å². The van der Waals surface area contributed by atoms with E-state index < -0.39 is 0 Å². The maximum atomic E-state index is 9.85. The lowest BCUT2D eigenvalue weighted by Crippen LogP contribution is -2.23. The number of para-hydroxylation sites is 2. The number of aliphatic hydroxyl groups excluding tert-OH is 1. The van der Waals surface area contributed by atoms with Crippen molar-refractivity contribution in [3.8, 4) is 17.0 Å². The van der Waals surface area contributed by atoms with Gasteiger partial charge in [-0.1, -0.05) is 19.1 Å². The molecule has 6 nitrogen and oxygen atoms in total. The number of anilines is 2. The average molecular weight is 390 g/mol. The van der Waals surface area contributed by atoms with E-state index in [4.69, 9.17) is 4.74 Å². The minimum Gasteiger partial charge on any atom is -0.489 e. The van der Waals surface area contributed by atoms with Gasteiger partial charge in [-0.3, -0.25) is 4.98 Å². The number of rotatable bonds is 6. The van der Waals surface area contributed by atoms with Crippen LogP contribution in [0.25, 0.3) is 11.3 Å². The van der Waals surface area contributed by atoms with E-state index in [1.165, 1.54) is 0 Å². The summed E-state index contributed by atoms with van der Waals surface area (Å²) in [5, 5.41) is 13.1. The van der Waals surface area contributed by atoms with Gasteiger partial charge in [0.2, 0.25) is 5.95 Å². The first-order chi connectivity index (χ1) is 14.0. The van der Waals surface area contributed by atoms with E-state index in [1.54, 1.807) is 6.20 Å². The first kappa shape index (κ1) is 19.3. The zero-order valence-corrected chi connectivity index (χ0v) is 17.0. The van der Waals surface area contributed by atoms with Gasteiger partial charge in [-0.05, 0) is 56.5 Å². The van der Waals surface area contributed by atoms with Crippen LogP contribution >= 0.6 is 0 Å². The van der Waals surface area contributed by atoms with Gasteiger partial charge in [0.05, 0.1) is 24.1 Å². The molecule has 1 unspecified atom stereocenters. The van der Waals surface area contributed by atoms with Crippen LogP contribution < -0.4 is 10.1 Å². The van der Waals surface area contributed by atoms with E-state index in [0.717, 1.165) is 46.8 Å². The maximum absolute atomic E-state index is 9.85. The summed E-state index contributed by atoms with van der Waals surface area (Å²) in [4.78, 5) is 13.7. The third-order valence-corrected chi connectivity index (χ3v) is 5.33. The Morgan fingerprint density at radius 3 is 2.83 bits per heavy atom. The van der Waals surface area contributed by atoms with Crippen LogP contribution in [0.2, 0.25) is 0 Å². The Morgan fingerprint density at radius 1 is 1.21 bits per heavy atom. The topological polar surface area (TPSA) is 80.2 Å². The molecule has 0 bridgehead atoms. The van der Waals surface area contributed by atoms with E-state index in [9.17, 15) is 5.11 Å². The molecule has 1 aliphatic rings. The van der Waals surface area contributed by atoms with Crippen LogP contribution in [0.15, 0.2) is 48.8 Å². The van der Waals surface area contributed by atoms with Gasteiger partial charge >= 0.3 is 0 Å². The summed E-state index contributed by atoms with van der Waals surface area (Å²) < 4.78 is 5.87. The molecule has 0 amide bonds. The lowest BCUT2D eigenvalue weighted by molar-refractivity contribution is 0.206. The van der Waals surface area contributed by atoms with Gasteiger partial charge in [0, 0.05) is 29.1 Å². The third-order valence-electron chi connectivity index (χ3n) is 5.33. The molecule has 0 saturated heterocycles. The molecule has 150 valence electrons. The van der Waals surface area contributed by atoms with E-state index in [2.05, 4.69) is 33.3 Å². The highest BCUT2D eigenvalue weighted by molar-refractivity contribution is 5.65. The fraction of sp³-hybridized carbons (Fsp3) is 0.348. The maximum Gasteiger partial charge on any atom is 0.227 e. The number of aliphatic hydroxyl groups is 1. The summed E-state index contributed by atoms with van der Waals surface area (Å²) in [6, 6.07) is 11.7. The lowest BCUT2D eigenvalue weighted by Gasteiger charge is -2.22. The van der Waals surface area contributed by atoms with Gasteiger partial charge in [-0.25, -0.2) is 9.97 Å². The van der Waals surface area contributed by atoms with Crippen LogP contribution in [-0.4, -0.2) is 32.8 Å². The molecule has 0 fully saturated rings. The van der Waals surface area contributed by atoms with Crippen molar-refractivity contribution in [3.05, 3.63) is 60.0 Å². The Balaban J connectivity index is 1.64. The molecule has 2 N–H and O–H groups in total. The molecule has 0 aliphatic heterocycles. The normalized spacial score (nSPS) is 18.0. The average Bonchev–Trinajstić information content (AvgIpc) is 3.06. The lowest BCUT2D eigenvalue weighted by atomic mass is 9.85. The molecular weight excluding hydrogens is 364 g/mol. The summed E-state index contributed by atoms with van der Waals surface area (Å²) in [7, 11) is 0. The molecule has 0 saturated carbocycles. The number of ether oxygens (including phenoxy) is 1. The second-order valence-electron chi connectivity index (χ2n) is 7.99. The number of hydrogen-bond donors (Lipinski definition) is 2. The zero-order chi connectivity index (χ0) is 20.4. The van der Waals surface area contributed by atoms with Crippen LogP contribution in [0.5, 0.6) is 5.75 Å². The first-order valence-electron chi connectivity index (χ1n) is 9.95. The smallest absolute Gasteiger partial charge is 0.227 e. The number of nitrogens with zero attached hydrogens (tertiary/aromatic N) is 3. The summed E-state index contributed by atoms with van der Waals surface area (Å²) >= 11 is 0. The number of fused-ring (bicyclic) bond motifs is 1. The number of nitrogens with one attached hydrogen (secondary N) is 1. The number of aromatic nitrogens is 3. The highest BCUT2D eigenvalue weighted by atomic mass is 16.5. The van der Waals surface area contributed by atoms with Crippen molar-refractivity contribution >= 4 is 11.6 Å². The molecule has 3 aromatic rings. The predicted octanol–water partition coefficient (Wildman–Crippen LogP) is 4.27. The Morgan fingerprint density at radius 2 is 2.03 bits per heavy atom. The monoisotopic (exact) mass is 390 g/mol. The number of benzene rings is 1. The Hall–Kier alpha value is -2.99. The number of hydrogen-bond acceptors (Lipinski definition) is 6. The Labute approximate surface area is 171 Å². The molecule has 2 heterocycles. The van der Waals surface area contributed by atoms with Crippen molar-refractivity contribution in [1.82, 2.24) is 15.0 Å². The highest BCUT2D eigenvalue weighted by Crippen LogP contribution is 2.39. The van der Waals surface area contributed by atoms with Gasteiger partial charge in [0.15, 0.2) is 0 Å². The molecule has 1 aliphatic carbocycles. The highest BCUT2D eigenvalue weighted by Gasteiger charge is 2.34. The van der Waals surface area contributed by atoms with E-state index in [0.29, 0.717) is 5.95 Å². The minimum atomic E-state index is -0.237. The molecule has 2 aromatic heterocycles. The quantitative estimate of drug-likeness (QED) is 0.654. The molecular formula is C23H26N4O2. The van der Waals surface area contributed by atoms with E-state index in [1.807, 2.05) is 50.4 Å². The Kier molecular flexibility index (Phi) is 5.20. The fourth-order valence-electron chi connectivity index (χ4n) is 3.67. The van der Waals surface area contributed by atoms with Gasteiger partial charge in [0.25, 0.3) is 0 Å². The summed E-state index contributed by atoms with van der Waals surface area (Å²) in [5.41, 5.74) is 4.46. The zero-order valence-electron chi connectivity index (χ0n) is 17.0. The van der Waals surface area contributed by atoms with Crippen molar-refractivity contribution < 1.29 is 9.84 Å². The molecule has 29 heavy (non-hydrogen) atoms. The van der Waals surface area contributed by atoms with Crippen LogP contribution in [0, 0.1) is 0 Å². The van der Waals surface area contributed by atoms with Crippen molar-refractivity contribution in [2.75, 3.05) is 11.9 Å². The molecule has 1 atom stereocenters. The van der Waals surface area contributed by atoms with Crippen LogP contribution in [0.4, 0.5) is 11.6 Å². The largest absolute Gasteiger partial charge is 0.489 e. The van der Waals surface area contributed by atoms with Crippen molar-refractivity contribution in [3.63, 3.8) is 0 Å². The molecule has 0 spiro atoms. The SMILES string of the molecule is CC(C)Oc1ccccc1Nc1nccc(-c2cnc3c(c2)C(C)(CO)CC3)n1. The van der Waals surface area contributed by atoms with Crippen molar-refractivity contribution in [1.29, 1.82) is 0 Å². The second-order valence-corrected chi connectivity index (χ2v) is 7.99. The number of aryl methyl sites for hydroxylation is 1. The van der Waals surface area contributed by atoms with Crippen molar-refractivity contribution in [2.45, 2.75) is 45.1 Å². The van der Waals surface area contributed by atoms with E-state index in [-0.39, 0.29) is 18.1 Å². The number of pyridine rings is 1. The van der Waals surface area contributed by atoms with Gasteiger partial charge in [0.1, 0.15) is 5.75 Å². The van der Waals surface area contributed by atoms with Gasteiger partial charge in [-0.15, -0.1) is 0 Å². The summed E-state index contributed by atoms with van der Waals surface area (Å²) in [5.74, 6) is 1.25. The van der Waals surface area contributed by atoms with Crippen LogP contribution in [0.3, 0.4) is 0 Å².